The molecule has 0 saturated heterocycles. The molecule has 0 radical (unpaired) electrons. The topological polar surface area (TPSA) is 48.1 Å². The standard InChI is InChI=1S/C15H17FN2O/c1-3-15(17,11-7-4-5-8-12(11)16)14-13(19-2)9-6-10-18-14/h4-10H,3,17H2,1-2H3. The Bertz CT molecular complexity index is 574. The summed E-state index contributed by atoms with van der Waals surface area (Å²) in [4.78, 5) is 4.29. The number of halogens is 1. The van der Waals surface area contributed by atoms with Crippen molar-refractivity contribution >= 4 is 0 Å². The minimum Gasteiger partial charge on any atom is -0.495 e. The summed E-state index contributed by atoms with van der Waals surface area (Å²) in [5.74, 6) is 0.231. The Hall–Kier alpha value is -1.94. The van der Waals surface area contributed by atoms with Gasteiger partial charge in [0.2, 0.25) is 0 Å². The van der Waals surface area contributed by atoms with Gasteiger partial charge in [-0.1, -0.05) is 25.1 Å². The summed E-state index contributed by atoms with van der Waals surface area (Å²) in [6.45, 7) is 1.90. The van der Waals surface area contributed by atoms with Crippen LogP contribution in [-0.4, -0.2) is 12.1 Å². The molecule has 4 heteroatoms. The normalized spacial score (nSPS) is 13.9. The van der Waals surface area contributed by atoms with Crippen molar-refractivity contribution in [2.24, 2.45) is 5.73 Å². The zero-order chi connectivity index (χ0) is 13.9. The van der Waals surface area contributed by atoms with Gasteiger partial charge in [0.25, 0.3) is 0 Å². The minimum absolute atomic E-state index is 0.334. The highest BCUT2D eigenvalue weighted by molar-refractivity contribution is 5.42. The molecule has 0 saturated carbocycles. The van der Waals surface area contributed by atoms with Gasteiger partial charge in [-0.25, -0.2) is 4.39 Å². The molecule has 0 amide bonds. The molecule has 1 unspecified atom stereocenters. The van der Waals surface area contributed by atoms with Crippen molar-refractivity contribution in [3.8, 4) is 5.75 Å². The first-order valence-corrected chi connectivity index (χ1v) is 6.17. The predicted octanol–water partition coefficient (Wildman–Crippen LogP) is 2.84. The summed E-state index contributed by atoms with van der Waals surface area (Å²) in [6, 6.07) is 10.0. The van der Waals surface area contributed by atoms with Gasteiger partial charge in [-0.3, -0.25) is 4.98 Å². The lowest BCUT2D eigenvalue weighted by atomic mass is 9.84. The maximum atomic E-state index is 14.0. The molecule has 0 aliphatic rings. The third-order valence-electron chi connectivity index (χ3n) is 3.33. The molecule has 100 valence electrons. The van der Waals surface area contributed by atoms with Crippen LogP contribution in [0.2, 0.25) is 0 Å². The summed E-state index contributed by atoms with van der Waals surface area (Å²) < 4.78 is 19.3. The van der Waals surface area contributed by atoms with E-state index in [1.54, 1.807) is 43.6 Å². The molecule has 2 N–H and O–H groups in total. The van der Waals surface area contributed by atoms with Gasteiger partial charge in [0, 0.05) is 11.8 Å². The molecule has 2 aromatic rings. The number of methoxy groups -OCH3 is 1. The average Bonchev–Trinajstić information content (AvgIpc) is 2.47. The van der Waals surface area contributed by atoms with E-state index in [1.807, 2.05) is 6.92 Å². The van der Waals surface area contributed by atoms with E-state index in [4.69, 9.17) is 10.5 Å². The molecular weight excluding hydrogens is 243 g/mol. The van der Waals surface area contributed by atoms with E-state index in [2.05, 4.69) is 4.98 Å². The van der Waals surface area contributed by atoms with E-state index in [0.717, 1.165) is 0 Å². The maximum absolute atomic E-state index is 14.0. The largest absolute Gasteiger partial charge is 0.495 e. The fourth-order valence-electron chi connectivity index (χ4n) is 2.20. The van der Waals surface area contributed by atoms with Crippen molar-refractivity contribution in [3.05, 3.63) is 59.7 Å². The van der Waals surface area contributed by atoms with Gasteiger partial charge in [-0.05, 0) is 24.6 Å². The van der Waals surface area contributed by atoms with Crippen molar-refractivity contribution in [3.63, 3.8) is 0 Å². The first kappa shape index (κ1) is 13.5. The first-order valence-electron chi connectivity index (χ1n) is 6.17. The smallest absolute Gasteiger partial charge is 0.142 e. The molecule has 1 atom stereocenters. The van der Waals surface area contributed by atoms with E-state index in [9.17, 15) is 4.39 Å². The van der Waals surface area contributed by atoms with Crippen LogP contribution in [0, 0.1) is 5.82 Å². The van der Waals surface area contributed by atoms with Crippen molar-refractivity contribution in [1.82, 2.24) is 4.98 Å². The summed E-state index contributed by atoms with van der Waals surface area (Å²) in [5, 5.41) is 0. The third kappa shape index (κ3) is 2.31. The van der Waals surface area contributed by atoms with Gasteiger partial charge in [-0.15, -0.1) is 0 Å². The number of rotatable bonds is 4. The molecule has 1 aromatic carbocycles. The van der Waals surface area contributed by atoms with Crippen LogP contribution in [0.15, 0.2) is 42.6 Å². The average molecular weight is 260 g/mol. The van der Waals surface area contributed by atoms with E-state index < -0.39 is 5.54 Å². The Morgan fingerprint density at radius 3 is 2.63 bits per heavy atom. The number of aromatic nitrogens is 1. The van der Waals surface area contributed by atoms with E-state index in [0.29, 0.717) is 23.4 Å². The number of nitrogens with zero attached hydrogens (tertiary/aromatic N) is 1. The number of benzene rings is 1. The van der Waals surface area contributed by atoms with Gasteiger partial charge in [0.05, 0.1) is 12.6 Å². The number of ether oxygens (including phenoxy) is 1. The lowest BCUT2D eigenvalue weighted by Gasteiger charge is -2.29. The highest BCUT2D eigenvalue weighted by atomic mass is 19.1. The Labute approximate surface area is 112 Å². The van der Waals surface area contributed by atoms with Gasteiger partial charge in [0.1, 0.15) is 17.3 Å². The summed E-state index contributed by atoms with van der Waals surface area (Å²) in [5.41, 5.74) is 6.40. The second-order valence-electron chi connectivity index (χ2n) is 4.36. The molecule has 19 heavy (non-hydrogen) atoms. The van der Waals surface area contributed by atoms with Crippen molar-refractivity contribution in [2.75, 3.05) is 7.11 Å². The number of hydrogen-bond acceptors (Lipinski definition) is 3. The second-order valence-corrected chi connectivity index (χ2v) is 4.36. The lowest BCUT2D eigenvalue weighted by molar-refractivity contribution is 0.380. The van der Waals surface area contributed by atoms with Crippen molar-refractivity contribution in [1.29, 1.82) is 0 Å². The van der Waals surface area contributed by atoms with Crippen LogP contribution in [0.1, 0.15) is 24.6 Å². The Morgan fingerprint density at radius 2 is 2.00 bits per heavy atom. The third-order valence-corrected chi connectivity index (χ3v) is 3.33. The number of pyridine rings is 1. The van der Waals surface area contributed by atoms with Crippen LogP contribution in [-0.2, 0) is 5.54 Å². The van der Waals surface area contributed by atoms with E-state index in [1.165, 1.54) is 6.07 Å². The monoisotopic (exact) mass is 260 g/mol. The molecule has 0 aliphatic carbocycles. The van der Waals surface area contributed by atoms with E-state index >= 15 is 0 Å². The summed E-state index contributed by atoms with van der Waals surface area (Å²) in [6.07, 6.45) is 2.15. The molecule has 0 bridgehead atoms. The van der Waals surface area contributed by atoms with E-state index in [-0.39, 0.29) is 5.82 Å². The van der Waals surface area contributed by atoms with Gasteiger partial charge in [0.15, 0.2) is 0 Å². The van der Waals surface area contributed by atoms with Gasteiger partial charge < -0.3 is 10.5 Å². The van der Waals surface area contributed by atoms with Crippen LogP contribution >= 0.6 is 0 Å². The molecular formula is C15H17FN2O. The Balaban J connectivity index is 2.63. The van der Waals surface area contributed by atoms with Crippen molar-refractivity contribution < 1.29 is 9.13 Å². The fourth-order valence-corrected chi connectivity index (χ4v) is 2.20. The summed E-state index contributed by atoms with van der Waals surface area (Å²) in [7, 11) is 1.55. The molecule has 2 rings (SSSR count). The highest BCUT2D eigenvalue weighted by Crippen LogP contribution is 2.35. The van der Waals surface area contributed by atoms with Crippen LogP contribution in [0.4, 0.5) is 4.39 Å². The maximum Gasteiger partial charge on any atom is 0.142 e. The zero-order valence-electron chi connectivity index (χ0n) is 11.1. The molecule has 3 nitrogen and oxygen atoms in total. The lowest BCUT2D eigenvalue weighted by Crippen LogP contribution is -2.39. The molecule has 0 aliphatic heterocycles. The molecule has 0 spiro atoms. The van der Waals surface area contributed by atoms with Crippen molar-refractivity contribution in [2.45, 2.75) is 18.9 Å². The minimum atomic E-state index is -1.00. The molecule has 0 fully saturated rings. The SMILES string of the molecule is CCC(N)(c1ccccc1F)c1ncccc1OC. The zero-order valence-corrected chi connectivity index (χ0v) is 11.1. The van der Waals surface area contributed by atoms with Crippen LogP contribution in [0.5, 0.6) is 5.75 Å². The first-order chi connectivity index (χ1) is 9.13. The van der Waals surface area contributed by atoms with Crippen LogP contribution in [0.25, 0.3) is 0 Å². The molecule has 1 heterocycles. The highest BCUT2D eigenvalue weighted by Gasteiger charge is 2.34. The van der Waals surface area contributed by atoms with Gasteiger partial charge >= 0.3 is 0 Å². The Kier molecular flexibility index (Phi) is 3.81. The second kappa shape index (κ2) is 5.36. The number of nitrogens with two attached hydrogens (primary N) is 1. The van der Waals surface area contributed by atoms with Crippen LogP contribution in [0.3, 0.4) is 0 Å². The predicted molar refractivity (Wildman–Crippen MR) is 72.4 cm³/mol. The molecule has 1 aromatic heterocycles. The Morgan fingerprint density at radius 1 is 1.26 bits per heavy atom. The van der Waals surface area contributed by atoms with Gasteiger partial charge in [-0.2, -0.15) is 0 Å². The fraction of sp³-hybridized carbons (Fsp3) is 0.267. The quantitative estimate of drug-likeness (QED) is 0.919. The number of hydrogen-bond donors (Lipinski definition) is 1. The van der Waals surface area contributed by atoms with Crippen LogP contribution < -0.4 is 10.5 Å². The summed E-state index contributed by atoms with van der Waals surface area (Å²) >= 11 is 0.